The summed E-state index contributed by atoms with van der Waals surface area (Å²) in [4.78, 5) is 15.0. The summed E-state index contributed by atoms with van der Waals surface area (Å²) >= 11 is 0. The second-order valence-electron chi connectivity index (χ2n) is 3.94. The maximum Gasteiger partial charge on any atom is 0.323 e. The fraction of sp³-hybridized carbons (Fsp3) is 0.727. The fourth-order valence-corrected chi connectivity index (χ4v) is 1.77. The van der Waals surface area contributed by atoms with Crippen LogP contribution in [0.2, 0.25) is 0 Å². The van der Waals surface area contributed by atoms with E-state index in [2.05, 4.69) is 4.85 Å². The summed E-state index contributed by atoms with van der Waals surface area (Å²) in [5.41, 5.74) is -0.938. The topological polar surface area (TPSA) is 54.5 Å². The van der Waals surface area contributed by atoms with E-state index in [1.807, 2.05) is 6.07 Å². The first kappa shape index (κ1) is 11.5. The van der Waals surface area contributed by atoms with Gasteiger partial charge >= 0.3 is 12.0 Å². The molecule has 0 radical (unpaired) electrons. The number of hydrogen-bond acceptors (Lipinski definition) is 3. The summed E-state index contributed by atoms with van der Waals surface area (Å²) in [7, 11) is 0. The molecule has 80 valence electrons. The summed E-state index contributed by atoms with van der Waals surface area (Å²) in [6.07, 6.45) is 1.81. The Balaban J connectivity index is 2.93. The highest BCUT2D eigenvalue weighted by Gasteiger charge is 2.57. The number of carbonyl (C=O) groups is 1. The van der Waals surface area contributed by atoms with Crippen LogP contribution in [0.3, 0.4) is 0 Å². The van der Waals surface area contributed by atoms with Gasteiger partial charge < -0.3 is 4.74 Å². The van der Waals surface area contributed by atoms with Crippen LogP contribution in [-0.4, -0.2) is 18.6 Å². The Hall–Kier alpha value is -1.55. The summed E-state index contributed by atoms with van der Waals surface area (Å²) in [5.74, 6) is -0.273. The SMILES string of the molecule is [C-]#[N+]C(C#N)C(C)(C(=O)OCC)C1CC1. The average Bonchev–Trinajstić information content (AvgIpc) is 3.03. The summed E-state index contributed by atoms with van der Waals surface area (Å²) in [5, 5.41) is 8.88. The third-order valence-electron chi connectivity index (χ3n) is 2.96. The minimum absolute atomic E-state index is 0.135. The molecule has 0 aromatic heterocycles. The maximum atomic E-state index is 11.8. The van der Waals surface area contributed by atoms with E-state index in [1.54, 1.807) is 13.8 Å². The molecule has 0 amide bonds. The Kier molecular flexibility index (Phi) is 3.31. The highest BCUT2D eigenvalue weighted by Crippen LogP contribution is 2.49. The van der Waals surface area contributed by atoms with Crippen molar-refractivity contribution >= 4 is 5.97 Å². The van der Waals surface area contributed by atoms with E-state index in [1.165, 1.54) is 0 Å². The van der Waals surface area contributed by atoms with Crippen molar-refractivity contribution in [2.24, 2.45) is 11.3 Å². The molecule has 0 aromatic carbocycles. The van der Waals surface area contributed by atoms with Crippen molar-refractivity contribution < 1.29 is 9.53 Å². The van der Waals surface area contributed by atoms with Crippen LogP contribution in [0.25, 0.3) is 4.85 Å². The summed E-state index contributed by atoms with van der Waals surface area (Å²) in [6, 6.07) is 0.971. The van der Waals surface area contributed by atoms with Gasteiger partial charge in [-0.3, -0.25) is 9.64 Å². The normalized spacial score (nSPS) is 20.5. The molecule has 4 nitrogen and oxygen atoms in total. The molecular formula is C11H14N2O2. The van der Waals surface area contributed by atoms with E-state index >= 15 is 0 Å². The van der Waals surface area contributed by atoms with Gasteiger partial charge in [-0.15, -0.1) is 0 Å². The molecule has 15 heavy (non-hydrogen) atoms. The van der Waals surface area contributed by atoms with E-state index in [-0.39, 0.29) is 12.5 Å². The van der Waals surface area contributed by atoms with Gasteiger partial charge in [0.2, 0.25) is 0 Å². The van der Waals surface area contributed by atoms with Crippen molar-refractivity contribution in [1.29, 1.82) is 5.26 Å². The highest BCUT2D eigenvalue weighted by atomic mass is 16.5. The Morgan fingerprint density at radius 2 is 2.40 bits per heavy atom. The number of rotatable bonds is 4. The molecule has 1 saturated carbocycles. The molecule has 1 rings (SSSR count). The first-order valence-electron chi connectivity index (χ1n) is 5.04. The molecule has 1 aliphatic rings. The van der Waals surface area contributed by atoms with Crippen LogP contribution in [0.4, 0.5) is 0 Å². The zero-order valence-electron chi connectivity index (χ0n) is 8.99. The maximum absolute atomic E-state index is 11.8. The monoisotopic (exact) mass is 206 g/mol. The standard InChI is InChI=1S/C11H14N2O2/c1-4-15-10(14)11(2,8-5-6-8)9(7-12)13-3/h8-9H,4-6H2,1-2H3. The predicted octanol–water partition coefficient (Wildman–Crippen LogP) is 1.78. The van der Waals surface area contributed by atoms with E-state index in [0.717, 1.165) is 12.8 Å². The lowest BCUT2D eigenvalue weighted by Gasteiger charge is -2.24. The summed E-state index contributed by atoms with van der Waals surface area (Å²) in [6.45, 7) is 10.6. The van der Waals surface area contributed by atoms with Crippen LogP contribution < -0.4 is 0 Å². The second kappa shape index (κ2) is 4.31. The van der Waals surface area contributed by atoms with E-state index < -0.39 is 17.4 Å². The number of nitrogens with zero attached hydrogens (tertiary/aromatic N) is 2. The van der Waals surface area contributed by atoms with E-state index in [9.17, 15) is 4.79 Å². The van der Waals surface area contributed by atoms with Gasteiger partial charge in [0.1, 0.15) is 0 Å². The number of carbonyl (C=O) groups excluding carboxylic acids is 1. The molecular weight excluding hydrogens is 192 g/mol. The lowest BCUT2D eigenvalue weighted by molar-refractivity contribution is -0.155. The third kappa shape index (κ3) is 1.94. The molecule has 0 N–H and O–H groups in total. The minimum Gasteiger partial charge on any atom is -0.465 e. The van der Waals surface area contributed by atoms with Crippen molar-refractivity contribution in [2.75, 3.05) is 6.61 Å². The highest BCUT2D eigenvalue weighted by molar-refractivity contribution is 5.79. The number of esters is 1. The zero-order chi connectivity index (χ0) is 11.5. The predicted molar refractivity (Wildman–Crippen MR) is 53.5 cm³/mol. The van der Waals surface area contributed by atoms with Crippen molar-refractivity contribution in [2.45, 2.75) is 32.7 Å². The average molecular weight is 206 g/mol. The lowest BCUT2D eigenvalue weighted by atomic mass is 9.78. The van der Waals surface area contributed by atoms with Gasteiger partial charge in [-0.1, -0.05) is 0 Å². The van der Waals surface area contributed by atoms with E-state index in [0.29, 0.717) is 0 Å². The molecule has 1 fully saturated rings. The van der Waals surface area contributed by atoms with Gasteiger partial charge in [0.05, 0.1) is 6.61 Å². The quantitative estimate of drug-likeness (QED) is 0.520. The fourth-order valence-electron chi connectivity index (χ4n) is 1.77. The molecule has 0 spiro atoms. The van der Waals surface area contributed by atoms with Crippen LogP contribution in [0.1, 0.15) is 26.7 Å². The van der Waals surface area contributed by atoms with Gasteiger partial charge in [0.15, 0.2) is 11.5 Å². The Morgan fingerprint density at radius 3 is 2.73 bits per heavy atom. The third-order valence-corrected chi connectivity index (χ3v) is 2.96. The largest absolute Gasteiger partial charge is 0.465 e. The van der Waals surface area contributed by atoms with Gasteiger partial charge in [-0.25, -0.2) is 6.57 Å². The molecule has 2 atom stereocenters. The lowest BCUT2D eigenvalue weighted by Crippen LogP contribution is -2.41. The van der Waals surface area contributed by atoms with Crippen molar-refractivity contribution in [3.05, 3.63) is 11.4 Å². The van der Waals surface area contributed by atoms with Crippen LogP contribution in [-0.2, 0) is 9.53 Å². The number of nitriles is 1. The molecule has 2 unspecified atom stereocenters. The van der Waals surface area contributed by atoms with Gasteiger partial charge in [-0.2, -0.15) is 5.26 Å². The van der Waals surface area contributed by atoms with Crippen LogP contribution in [0, 0.1) is 29.2 Å². The number of hydrogen-bond donors (Lipinski definition) is 0. The number of ether oxygens (including phenoxy) is 1. The van der Waals surface area contributed by atoms with Crippen molar-refractivity contribution in [3.8, 4) is 6.07 Å². The van der Waals surface area contributed by atoms with Gasteiger partial charge in [-0.05, 0) is 32.6 Å². The Bertz CT molecular complexity index is 321. The van der Waals surface area contributed by atoms with E-state index in [4.69, 9.17) is 16.6 Å². The smallest absolute Gasteiger partial charge is 0.323 e. The molecule has 1 aliphatic carbocycles. The van der Waals surface area contributed by atoms with Gasteiger partial charge in [0, 0.05) is 0 Å². The molecule has 0 saturated heterocycles. The van der Waals surface area contributed by atoms with Crippen LogP contribution in [0.15, 0.2) is 0 Å². The molecule has 0 aromatic rings. The minimum atomic E-state index is -0.938. The molecule has 0 heterocycles. The first-order valence-corrected chi connectivity index (χ1v) is 5.04. The van der Waals surface area contributed by atoms with Crippen molar-refractivity contribution in [3.63, 3.8) is 0 Å². The second-order valence-corrected chi connectivity index (χ2v) is 3.94. The van der Waals surface area contributed by atoms with Crippen LogP contribution in [0.5, 0.6) is 0 Å². The van der Waals surface area contributed by atoms with Gasteiger partial charge in [0.25, 0.3) is 0 Å². The zero-order valence-corrected chi connectivity index (χ0v) is 8.99. The Morgan fingerprint density at radius 1 is 1.80 bits per heavy atom. The first-order chi connectivity index (χ1) is 7.11. The summed E-state index contributed by atoms with van der Waals surface area (Å²) < 4.78 is 4.96. The molecule has 0 aliphatic heterocycles. The Labute approximate surface area is 89.7 Å². The van der Waals surface area contributed by atoms with Crippen LogP contribution >= 0.6 is 0 Å². The van der Waals surface area contributed by atoms with Crippen molar-refractivity contribution in [1.82, 2.24) is 0 Å². The molecule has 0 bridgehead atoms. The molecule has 4 heteroatoms.